The van der Waals surface area contributed by atoms with E-state index >= 15 is 0 Å². The number of nitrogens with zero attached hydrogens (tertiary/aromatic N) is 3. The van der Waals surface area contributed by atoms with Crippen LogP contribution in [-0.2, 0) is 19.6 Å². The molecule has 0 radical (unpaired) electrons. The molecule has 0 fully saturated rings. The zero-order valence-corrected chi connectivity index (χ0v) is 13.5. The van der Waals surface area contributed by atoms with Gasteiger partial charge in [0.05, 0.1) is 19.6 Å². The van der Waals surface area contributed by atoms with Crippen molar-refractivity contribution in [2.45, 2.75) is 19.6 Å². The monoisotopic (exact) mass is 351 g/mol. The lowest BCUT2D eigenvalue weighted by Gasteiger charge is -2.12. The molecular formula is C16H15ClFN3O3. The molecule has 0 aliphatic heterocycles. The molecule has 0 saturated carbocycles. The van der Waals surface area contributed by atoms with Crippen LogP contribution < -0.4 is 17.1 Å². The molecule has 1 aromatic carbocycles. The minimum Gasteiger partial charge on any atom is -0.247 e. The predicted octanol–water partition coefficient (Wildman–Crippen LogP) is 1.38. The van der Waals surface area contributed by atoms with Gasteiger partial charge in [-0.25, -0.2) is 32.5 Å². The Labute approximate surface area is 141 Å². The molecule has 0 aliphatic rings. The third-order valence-electron chi connectivity index (χ3n) is 3.35. The highest BCUT2D eigenvalue weighted by molar-refractivity contribution is 6.30. The van der Waals surface area contributed by atoms with E-state index in [0.717, 1.165) is 19.8 Å². The van der Waals surface area contributed by atoms with Crippen molar-refractivity contribution in [2.75, 3.05) is 0 Å². The molecule has 0 aliphatic carbocycles. The number of allylic oxidation sites excluding steroid dienone is 2. The van der Waals surface area contributed by atoms with E-state index in [1.165, 1.54) is 24.3 Å². The zero-order valence-electron chi connectivity index (χ0n) is 12.7. The number of rotatable bonds is 6. The number of halogens is 2. The van der Waals surface area contributed by atoms with Gasteiger partial charge < -0.3 is 0 Å². The smallest absolute Gasteiger partial charge is 0.247 e. The molecule has 2 rings (SSSR count). The van der Waals surface area contributed by atoms with Crippen LogP contribution >= 0.6 is 11.6 Å². The number of hydrogen-bond acceptors (Lipinski definition) is 3. The highest BCUT2D eigenvalue weighted by Crippen LogP contribution is 2.14. The first-order valence-corrected chi connectivity index (χ1v) is 7.38. The molecule has 0 unspecified atom stereocenters. The van der Waals surface area contributed by atoms with E-state index in [9.17, 15) is 18.8 Å². The Hall–Kier alpha value is -2.67. The minimum atomic E-state index is -0.834. The van der Waals surface area contributed by atoms with Gasteiger partial charge in [-0.3, -0.25) is 0 Å². The van der Waals surface area contributed by atoms with Crippen LogP contribution in [0.2, 0.25) is 5.02 Å². The highest BCUT2D eigenvalue weighted by Gasteiger charge is 2.15. The summed E-state index contributed by atoms with van der Waals surface area (Å²) in [6.45, 7) is 6.50. The van der Waals surface area contributed by atoms with E-state index in [1.807, 2.05) is 0 Å². The maximum absolute atomic E-state index is 14.0. The van der Waals surface area contributed by atoms with E-state index in [2.05, 4.69) is 13.2 Å². The molecule has 6 nitrogen and oxygen atoms in total. The van der Waals surface area contributed by atoms with Crippen molar-refractivity contribution < 1.29 is 4.39 Å². The summed E-state index contributed by atoms with van der Waals surface area (Å²) in [5, 5.41) is 0.198. The average Bonchev–Trinajstić information content (AvgIpc) is 2.54. The van der Waals surface area contributed by atoms with Crippen molar-refractivity contribution >= 4 is 11.6 Å². The van der Waals surface area contributed by atoms with Crippen LogP contribution in [0.25, 0.3) is 0 Å². The van der Waals surface area contributed by atoms with Gasteiger partial charge >= 0.3 is 17.1 Å². The molecule has 8 heteroatoms. The average molecular weight is 352 g/mol. The Balaban J connectivity index is 2.70. The summed E-state index contributed by atoms with van der Waals surface area (Å²) in [4.78, 5) is 37.1. The van der Waals surface area contributed by atoms with Gasteiger partial charge in [0.25, 0.3) is 0 Å². The van der Waals surface area contributed by atoms with E-state index in [4.69, 9.17) is 11.6 Å². The van der Waals surface area contributed by atoms with E-state index in [0.29, 0.717) is 0 Å². The Morgan fingerprint density at radius 3 is 1.92 bits per heavy atom. The predicted molar refractivity (Wildman–Crippen MR) is 90.1 cm³/mol. The number of hydrogen-bond donors (Lipinski definition) is 0. The van der Waals surface area contributed by atoms with Crippen LogP contribution in [0.5, 0.6) is 0 Å². The summed E-state index contributed by atoms with van der Waals surface area (Å²) in [6, 6.07) is 3.92. The molecule has 0 bridgehead atoms. The van der Waals surface area contributed by atoms with Crippen molar-refractivity contribution in [3.8, 4) is 0 Å². The largest absolute Gasteiger partial charge is 0.336 e. The minimum absolute atomic E-state index is 0.0712. The van der Waals surface area contributed by atoms with Gasteiger partial charge in [-0.05, 0) is 12.1 Å². The summed E-state index contributed by atoms with van der Waals surface area (Å²) in [6.07, 6.45) is 2.72. The lowest BCUT2D eigenvalue weighted by molar-refractivity contribution is 0.491. The maximum Gasteiger partial charge on any atom is 0.336 e. The second-order valence-electron chi connectivity index (χ2n) is 4.97. The summed E-state index contributed by atoms with van der Waals surface area (Å²) < 4.78 is 16.5. The molecule has 0 saturated heterocycles. The Morgan fingerprint density at radius 2 is 1.46 bits per heavy atom. The molecule has 1 aromatic heterocycles. The summed E-state index contributed by atoms with van der Waals surface area (Å²) in [7, 11) is 0. The second-order valence-corrected chi connectivity index (χ2v) is 5.40. The normalized spacial score (nSPS) is 10.6. The van der Waals surface area contributed by atoms with Crippen LogP contribution in [-0.4, -0.2) is 13.7 Å². The summed E-state index contributed by atoms with van der Waals surface area (Å²) in [5.74, 6) is -0.648. The van der Waals surface area contributed by atoms with Gasteiger partial charge in [-0.15, -0.1) is 13.2 Å². The van der Waals surface area contributed by atoms with Gasteiger partial charge in [0, 0.05) is 10.6 Å². The standard InChI is InChI=1S/C16H15ClFN3O3/c1-3-7-19-14(22)20(8-4-2)16(24)21(15(19)23)10-11-5-6-12(17)9-13(11)18/h3-6,9H,1-2,7-8,10H2. The first-order chi connectivity index (χ1) is 11.4. The highest BCUT2D eigenvalue weighted by atomic mass is 35.5. The third kappa shape index (κ3) is 3.30. The van der Waals surface area contributed by atoms with Gasteiger partial charge in [-0.1, -0.05) is 29.8 Å². The summed E-state index contributed by atoms with van der Waals surface area (Å²) >= 11 is 5.69. The van der Waals surface area contributed by atoms with E-state index in [1.54, 1.807) is 0 Å². The van der Waals surface area contributed by atoms with Gasteiger partial charge in [0.1, 0.15) is 5.82 Å². The molecular weight excluding hydrogens is 337 g/mol. The van der Waals surface area contributed by atoms with E-state index < -0.39 is 22.9 Å². The molecule has 24 heavy (non-hydrogen) atoms. The quantitative estimate of drug-likeness (QED) is 0.739. The van der Waals surface area contributed by atoms with Gasteiger partial charge in [0.15, 0.2) is 0 Å². The molecule has 0 atom stereocenters. The number of aromatic nitrogens is 3. The van der Waals surface area contributed by atoms with Crippen molar-refractivity contribution in [2.24, 2.45) is 0 Å². The zero-order chi connectivity index (χ0) is 17.9. The lowest BCUT2D eigenvalue weighted by Crippen LogP contribution is -2.54. The fraction of sp³-hybridized carbons (Fsp3) is 0.188. The van der Waals surface area contributed by atoms with Gasteiger partial charge in [-0.2, -0.15) is 0 Å². The topological polar surface area (TPSA) is 66.0 Å². The van der Waals surface area contributed by atoms with Crippen molar-refractivity contribution in [3.63, 3.8) is 0 Å². The second kappa shape index (κ2) is 7.27. The Morgan fingerprint density at radius 1 is 0.958 bits per heavy atom. The fourth-order valence-corrected chi connectivity index (χ4v) is 2.37. The van der Waals surface area contributed by atoms with Crippen LogP contribution in [0.4, 0.5) is 4.39 Å². The fourth-order valence-electron chi connectivity index (χ4n) is 2.21. The molecule has 126 valence electrons. The molecule has 0 spiro atoms. The molecule has 2 aromatic rings. The molecule has 1 heterocycles. The van der Waals surface area contributed by atoms with E-state index in [-0.39, 0.29) is 30.2 Å². The Bertz CT molecular complexity index is 924. The Kier molecular flexibility index (Phi) is 5.35. The molecule has 0 amide bonds. The lowest BCUT2D eigenvalue weighted by atomic mass is 10.2. The van der Waals surface area contributed by atoms with Crippen molar-refractivity contribution in [1.82, 2.24) is 13.7 Å². The first kappa shape index (κ1) is 17.7. The maximum atomic E-state index is 14.0. The van der Waals surface area contributed by atoms with Crippen LogP contribution in [0.1, 0.15) is 5.56 Å². The number of benzene rings is 1. The van der Waals surface area contributed by atoms with Crippen LogP contribution in [0, 0.1) is 5.82 Å². The van der Waals surface area contributed by atoms with Gasteiger partial charge in [0.2, 0.25) is 0 Å². The van der Waals surface area contributed by atoms with Crippen molar-refractivity contribution in [1.29, 1.82) is 0 Å². The van der Waals surface area contributed by atoms with Crippen molar-refractivity contribution in [3.05, 3.63) is 91.4 Å². The van der Waals surface area contributed by atoms with Crippen LogP contribution in [0.3, 0.4) is 0 Å². The summed E-state index contributed by atoms with van der Waals surface area (Å²) in [5.41, 5.74) is -2.33. The SMILES string of the molecule is C=CCn1c(=O)n(CC=C)c(=O)n(Cc2ccc(Cl)cc2F)c1=O. The first-order valence-electron chi connectivity index (χ1n) is 7.01. The van der Waals surface area contributed by atoms with Crippen LogP contribution in [0.15, 0.2) is 57.9 Å². The molecule has 0 N–H and O–H groups in total. The third-order valence-corrected chi connectivity index (χ3v) is 3.59.